The second-order valence-corrected chi connectivity index (χ2v) is 3.24. The molecule has 12 heavy (non-hydrogen) atoms. The number of aliphatic hydroxyl groups is 4. The lowest BCUT2D eigenvalue weighted by molar-refractivity contribution is -0.239. The first-order chi connectivity index (χ1) is 5.50. The second-order valence-electron chi connectivity index (χ2n) is 3.24. The topological polar surface area (TPSA) is 90.2 Å². The highest BCUT2D eigenvalue weighted by atomic mass is 16.5. The summed E-state index contributed by atoms with van der Waals surface area (Å²) in [6.07, 6.45) is -3.19. The summed E-state index contributed by atoms with van der Waals surface area (Å²) in [4.78, 5) is 0. The molecule has 0 saturated carbocycles. The molecule has 4 atom stereocenters. The zero-order chi connectivity index (χ0) is 9.35. The van der Waals surface area contributed by atoms with Crippen LogP contribution in [0.2, 0.25) is 0 Å². The van der Waals surface area contributed by atoms with Gasteiger partial charge in [-0.15, -0.1) is 0 Å². The van der Waals surface area contributed by atoms with Crippen LogP contribution in [0.3, 0.4) is 0 Å². The van der Waals surface area contributed by atoms with Crippen molar-refractivity contribution in [1.82, 2.24) is 0 Å². The van der Waals surface area contributed by atoms with E-state index in [1.807, 2.05) is 0 Å². The normalized spacial score (nSPS) is 49.2. The van der Waals surface area contributed by atoms with E-state index >= 15 is 0 Å². The Bertz CT molecular complexity index is 158. The fraction of sp³-hybridized carbons (Fsp3) is 1.00. The molecule has 0 amide bonds. The average Bonchev–Trinajstić information content (AvgIpc) is 2.02. The smallest absolute Gasteiger partial charge is 0.118 e. The van der Waals surface area contributed by atoms with Crippen LogP contribution in [0.15, 0.2) is 0 Å². The average molecular weight is 178 g/mol. The third kappa shape index (κ3) is 1.46. The first-order valence-electron chi connectivity index (χ1n) is 3.81. The van der Waals surface area contributed by atoms with Gasteiger partial charge in [-0.1, -0.05) is 0 Å². The van der Waals surface area contributed by atoms with Gasteiger partial charge in [0.25, 0.3) is 0 Å². The zero-order valence-corrected chi connectivity index (χ0v) is 6.84. The summed E-state index contributed by atoms with van der Waals surface area (Å²) in [7, 11) is 0. The van der Waals surface area contributed by atoms with Crippen molar-refractivity contribution in [3.8, 4) is 0 Å². The number of hydrogen-bond acceptors (Lipinski definition) is 5. The minimum atomic E-state index is -1.61. The van der Waals surface area contributed by atoms with Gasteiger partial charge in [0.2, 0.25) is 0 Å². The second kappa shape index (κ2) is 3.27. The van der Waals surface area contributed by atoms with Crippen LogP contribution in [0.4, 0.5) is 0 Å². The maximum absolute atomic E-state index is 9.52. The fourth-order valence-electron chi connectivity index (χ4n) is 1.20. The molecule has 1 heterocycles. The summed E-state index contributed by atoms with van der Waals surface area (Å²) in [6, 6.07) is 0. The summed E-state index contributed by atoms with van der Waals surface area (Å²) in [5.74, 6) is 0. The molecule has 0 aliphatic carbocycles. The van der Waals surface area contributed by atoms with E-state index < -0.39 is 23.9 Å². The Balaban J connectivity index is 2.71. The molecule has 0 unspecified atom stereocenters. The van der Waals surface area contributed by atoms with Crippen molar-refractivity contribution in [2.75, 3.05) is 13.2 Å². The maximum atomic E-state index is 9.52. The SMILES string of the molecule is C[C@]1(O)[C@H](O)[C@@H](CO)OC[C@@H]1O. The Morgan fingerprint density at radius 1 is 1.50 bits per heavy atom. The predicted molar refractivity (Wildman–Crippen MR) is 39.5 cm³/mol. The van der Waals surface area contributed by atoms with Crippen molar-refractivity contribution >= 4 is 0 Å². The highest BCUT2D eigenvalue weighted by Crippen LogP contribution is 2.24. The van der Waals surface area contributed by atoms with Gasteiger partial charge in [-0.3, -0.25) is 0 Å². The Hall–Kier alpha value is -0.200. The molecule has 5 heteroatoms. The van der Waals surface area contributed by atoms with Crippen molar-refractivity contribution in [2.45, 2.75) is 30.8 Å². The molecular formula is C7H14O5. The summed E-state index contributed by atoms with van der Waals surface area (Å²) in [6.45, 7) is 0.868. The van der Waals surface area contributed by atoms with Crippen LogP contribution >= 0.6 is 0 Å². The third-order valence-electron chi connectivity index (χ3n) is 2.27. The van der Waals surface area contributed by atoms with E-state index in [4.69, 9.17) is 9.84 Å². The van der Waals surface area contributed by atoms with Gasteiger partial charge in [0.15, 0.2) is 0 Å². The lowest BCUT2D eigenvalue weighted by atomic mass is 9.87. The van der Waals surface area contributed by atoms with Crippen molar-refractivity contribution in [1.29, 1.82) is 0 Å². The van der Waals surface area contributed by atoms with Crippen molar-refractivity contribution in [3.63, 3.8) is 0 Å². The van der Waals surface area contributed by atoms with Crippen molar-refractivity contribution < 1.29 is 25.2 Å². The molecule has 72 valence electrons. The van der Waals surface area contributed by atoms with Gasteiger partial charge >= 0.3 is 0 Å². The molecule has 1 aliphatic rings. The minimum absolute atomic E-state index is 0.0741. The standard InChI is InChI=1S/C7H14O5/c1-7(11)5(9)3-12-4(2-8)6(7)10/h4-6,8-11H,2-3H2,1H3/t4-,5+,6-,7-/m1/s1. The van der Waals surface area contributed by atoms with Crippen LogP contribution in [-0.4, -0.2) is 57.6 Å². The quantitative estimate of drug-likeness (QED) is 0.367. The molecule has 1 aliphatic heterocycles. The monoisotopic (exact) mass is 178 g/mol. The van der Waals surface area contributed by atoms with Crippen molar-refractivity contribution in [3.05, 3.63) is 0 Å². The minimum Gasteiger partial charge on any atom is -0.394 e. The Kier molecular flexibility index (Phi) is 2.70. The summed E-state index contributed by atoms with van der Waals surface area (Å²) >= 11 is 0. The van der Waals surface area contributed by atoms with Crippen LogP contribution in [0.1, 0.15) is 6.92 Å². The van der Waals surface area contributed by atoms with Crippen LogP contribution in [-0.2, 0) is 4.74 Å². The Labute approximate surface area is 70.2 Å². The van der Waals surface area contributed by atoms with E-state index in [-0.39, 0.29) is 13.2 Å². The van der Waals surface area contributed by atoms with Gasteiger partial charge < -0.3 is 25.2 Å². The summed E-state index contributed by atoms with van der Waals surface area (Å²) in [5, 5.41) is 36.8. The molecule has 4 N–H and O–H groups in total. The number of rotatable bonds is 1. The Morgan fingerprint density at radius 2 is 2.08 bits per heavy atom. The molecule has 0 spiro atoms. The first-order valence-corrected chi connectivity index (χ1v) is 3.81. The molecule has 0 bridgehead atoms. The molecule has 0 aromatic carbocycles. The molecule has 1 saturated heterocycles. The van der Waals surface area contributed by atoms with E-state index in [2.05, 4.69) is 0 Å². The maximum Gasteiger partial charge on any atom is 0.118 e. The van der Waals surface area contributed by atoms with E-state index in [9.17, 15) is 15.3 Å². The number of aliphatic hydroxyl groups excluding tert-OH is 3. The van der Waals surface area contributed by atoms with Crippen LogP contribution in [0, 0.1) is 0 Å². The van der Waals surface area contributed by atoms with Crippen molar-refractivity contribution in [2.24, 2.45) is 0 Å². The molecule has 0 radical (unpaired) electrons. The summed E-state index contributed by atoms with van der Waals surface area (Å²) < 4.78 is 4.88. The van der Waals surface area contributed by atoms with Gasteiger partial charge in [0.05, 0.1) is 13.2 Å². The summed E-state index contributed by atoms with van der Waals surface area (Å²) in [5.41, 5.74) is -1.61. The highest BCUT2D eigenvalue weighted by Gasteiger charge is 2.46. The Morgan fingerprint density at radius 3 is 2.58 bits per heavy atom. The van der Waals surface area contributed by atoms with E-state index in [1.165, 1.54) is 6.92 Å². The first kappa shape index (κ1) is 9.88. The fourth-order valence-corrected chi connectivity index (χ4v) is 1.20. The molecular weight excluding hydrogens is 164 g/mol. The molecule has 0 aromatic rings. The van der Waals surface area contributed by atoms with Crippen LogP contribution < -0.4 is 0 Å². The predicted octanol–water partition coefficient (Wildman–Crippen LogP) is -2.15. The van der Waals surface area contributed by atoms with Gasteiger partial charge in [-0.05, 0) is 6.92 Å². The van der Waals surface area contributed by atoms with Crippen LogP contribution in [0.5, 0.6) is 0 Å². The van der Waals surface area contributed by atoms with Gasteiger partial charge in [-0.25, -0.2) is 0 Å². The highest BCUT2D eigenvalue weighted by molar-refractivity contribution is 4.96. The molecule has 1 rings (SSSR count). The van der Waals surface area contributed by atoms with E-state index in [0.29, 0.717) is 0 Å². The van der Waals surface area contributed by atoms with Gasteiger partial charge in [0.1, 0.15) is 23.9 Å². The van der Waals surface area contributed by atoms with Crippen LogP contribution in [0.25, 0.3) is 0 Å². The molecule has 0 aromatic heterocycles. The molecule has 5 nitrogen and oxygen atoms in total. The van der Waals surface area contributed by atoms with E-state index in [1.54, 1.807) is 0 Å². The largest absolute Gasteiger partial charge is 0.394 e. The van der Waals surface area contributed by atoms with E-state index in [0.717, 1.165) is 0 Å². The lowest BCUT2D eigenvalue weighted by Crippen LogP contribution is -2.62. The number of ether oxygens (including phenoxy) is 1. The van der Waals surface area contributed by atoms with Gasteiger partial charge in [-0.2, -0.15) is 0 Å². The number of hydrogen-bond donors (Lipinski definition) is 4. The third-order valence-corrected chi connectivity index (χ3v) is 2.27. The zero-order valence-electron chi connectivity index (χ0n) is 6.84. The molecule has 1 fully saturated rings. The van der Waals surface area contributed by atoms with Gasteiger partial charge in [0, 0.05) is 0 Å². The lowest BCUT2D eigenvalue weighted by Gasteiger charge is -2.41.